The smallest absolute Gasteiger partial charge is 0.263 e. The van der Waals surface area contributed by atoms with Crippen LogP contribution in [0.1, 0.15) is 6.42 Å². The summed E-state index contributed by atoms with van der Waals surface area (Å²) in [6, 6.07) is 6.22. The Morgan fingerprint density at radius 1 is 1.11 bits per heavy atom. The number of anilines is 1. The fourth-order valence-corrected chi connectivity index (χ4v) is 1.91. The predicted octanol–water partition coefficient (Wildman–Crippen LogP) is 4.10. The molecule has 1 aliphatic heterocycles. The Labute approximate surface area is 110 Å². The zero-order valence-electron chi connectivity index (χ0n) is 9.39. The van der Waals surface area contributed by atoms with E-state index in [9.17, 15) is 22.0 Å². The van der Waals surface area contributed by atoms with Crippen LogP contribution in [0.2, 0.25) is 5.02 Å². The second-order valence-corrected chi connectivity index (χ2v) is 4.35. The third-order valence-corrected chi connectivity index (χ3v) is 2.97. The summed E-state index contributed by atoms with van der Waals surface area (Å²) < 4.78 is 62.9. The maximum atomic E-state index is 13.1. The van der Waals surface area contributed by atoms with Gasteiger partial charge in [0.15, 0.2) is 0 Å². The van der Waals surface area contributed by atoms with Crippen molar-refractivity contribution in [1.82, 2.24) is 0 Å². The molecular weight excluding hydrogens is 291 g/mol. The van der Waals surface area contributed by atoms with Gasteiger partial charge >= 0.3 is 12.1 Å². The summed E-state index contributed by atoms with van der Waals surface area (Å²) >= 11 is 5.84. The van der Waals surface area contributed by atoms with Gasteiger partial charge in [-0.1, -0.05) is 23.7 Å². The van der Waals surface area contributed by atoms with E-state index in [-0.39, 0.29) is 11.6 Å². The van der Waals surface area contributed by atoms with Gasteiger partial charge in [0.2, 0.25) is 0 Å². The molecule has 0 atom stereocenters. The minimum absolute atomic E-state index is 0.0647. The van der Waals surface area contributed by atoms with Gasteiger partial charge in [-0.15, -0.1) is 0 Å². The molecule has 0 unspecified atom stereocenters. The lowest BCUT2D eigenvalue weighted by Gasteiger charge is -2.19. The van der Waals surface area contributed by atoms with Gasteiger partial charge in [-0.25, -0.2) is 0 Å². The van der Waals surface area contributed by atoms with Gasteiger partial charge in [-0.2, -0.15) is 27.1 Å². The molecule has 19 heavy (non-hydrogen) atoms. The normalized spacial score (nSPS) is 16.7. The quantitative estimate of drug-likeness (QED) is 0.750. The van der Waals surface area contributed by atoms with E-state index in [0.29, 0.717) is 5.69 Å². The van der Waals surface area contributed by atoms with E-state index >= 15 is 0 Å². The molecule has 1 aliphatic rings. The van der Waals surface area contributed by atoms with Crippen molar-refractivity contribution in [1.29, 1.82) is 0 Å². The Morgan fingerprint density at radius 2 is 1.74 bits per heavy atom. The van der Waals surface area contributed by atoms with Gasteiger partial charge in [0.05, 0.1) is 10.7 Å². The molecule has 0 N–H and O–H groups in total. The van der Waals surface area contributed by atoms with Crippen molar-refractivity contribution in [3.8, 4) is 0 Å². The lowest BCUT2D eigenvalue weighted by Crippen LogP contribution is -2.43. The molecule has 104 valence electrons. The first-order valence-corrected chi connectivity index (χ1v) is 5.66. The van der Waals surface area contributed by atoms with Crippen LogP contribution in [0.25, 0.3) is 0 Å². The lowest BCUT2D eigenvalue weighted by atomic mass is 10.1. The third-order valence-electron chi connectivity index (χ3n) is 2.65. The number of para-hydroxylation sites is 1. The fourth-order valence-electron chi connectivity index (χ4n) is 1.68. The Kier molecular flexibility index (Phi) is 3.42. The SMILES string of the molecule is FC(F)(F)C(F)(F)C1=NN(c2ccccc2Cl)CC1. The predicted molar refractivity (Wildman–Crippen MR) is 61.9 cm³/mol. The summed E-state index contributed by atoms with van der Waals surface area (Å²) in [6.45, 7) is -0.0647. The number of alkyl halides is 5. The Morgan fingerprint density at radius 3 is 2.32 bits per heavy atom. The van der Waals surface area contributed by atoms with E-state index in [0.717, 1.165) is 5.01 Å². The molecule has 0 radical (unpaired) electrons. The molecular formula is C11H8ClF5N2. The van der Waals surface area contributed by atoms with Gasteiger partial charge in [0.1, 0.15) is 5.71 Å². The minimum atomic E-state index is -5.64. The summed E-state index contributed by atoms with van der Waals surface area (Å²) in [6.07, 6.45) is -6.10. The Bertz CT molecular complexity index is 512. The number of nitrogens with zero attached hydrogens (tertiary/aromatic N) is 2. The Hall–Kier alpha value is -1.37. The standard InChI is InChI=1S/C11H8ClF5N2/c12-7-3-1-2-4-8(7)19-6-5-9(18-19)10(13,14)11(15,16)17/h1-4H,5-6H2. The molecule has 1 aromatic rings. The van der Waals surface area contributed by atoms with Crippen LogP contribution >= 0.6 is 11.6 Å². The van der Waals surface area contributed by atoms with E-state index in [1.165, 1.54) is 12.1 Å². The molecule has 0 saturated carbocycles. The summed E-state index contributed by atoms with van der Waals surface area (Å²) in [4.78, 5) is 0. The van der Waals surface area contributed by atoms with Gasteiger partial charge in [0.25, 0.3) is 0 Å². The fraction of sp³-hybridized carbons (Fsp3) is 0.364. The number of hydrogen-bond acceptors (Lipinski definition) is 2. The number of hydrazone groups is 1. The monoisotopic (exact) mass is 298 g/mol. The highest BCUT2D eigenvalue weighted by Crippen LogP contribution is 2.40. The summed E-state index contributed by atoms with van der Waals surface area (Å²) in [7, 11) is 0. The maximum Gasteiger partial charge on any atom is 0.459 e. The molecule has 2 nitrogen and oxygen atoms in total. The highest BCUT2D eigenvalue weighted by atomic mass is 35.5. The largest absolute Gasteiger partial charge is 0.459 e. The van der Waals surface area contributed by atoms with Crippen LogP contribution in [-0.4, -0.2) is 24.4 Å². The molecule has 1 heterocycles. The van der Waals surface area contributed by atoms with Gasteiger partial charge < -0.3 is 0 Å². The summed E-state index contributed by atoms with van der Waals surface area (Å²) in [5, 5.41) is 4.64. The minimum Gasteiger partial charge on any atom is -0.263 e. The van der Waals surface area contributed by atoms with E-state index in [2.05, 4.69) is 5.10 Å². The average Bonchev–Trinajstić information content (AvgIpc) is 2.77. The summed E-state index contributed by atoms with van der Waals surface area (Å²) in [5.41, 5.74) is -0.892. The van der Waals surface area contributed by atoms with Crippen molar-refractivity contribution in [2.24, 2.45) is 5.10 Å². The van der Waals surface area contributed by atoms with Gasteiger partial charge in [-0.05, 0) is 12.1 Å². The van der Waals surface area contributed by atoms with Crippen LogP contribution in [0, 0.1) is 0 Å². The number of rotatable bonds is 2. The summed E-state index contributed by atoms with van der Waals surface area (Å²) in [5.74, 6) is -4.91. The molecule has 0 aromatic heterocycles. The van der Waals surface area contributed by atoms with E-state index in [1.54, 1.807) is 12.1 Å². The van der Waals surface area contributed by atoms with Crippen molar-refractivity contribution in [3.63, 3.8) is 0 Å². The molecule has 1 aromatic carbocycles. The first-order chi connectivity index (χ1) is 8.73. The number of halogens is 6. The number of benzene rings is 1. The van der Waals surface area contributed by atoms with Crippen LogP contribution in [0.4, 0.5) is 27.6 Å². The molecule has 0 fully saturated rings. The zero-order valence-corrected chi connectivity index (χ0v) is 10.1. The van der Waals surface area contributed by atoms with Crippen molar-refractivity contribution >= 4 is 23.0 Å². The highest BCUT2D eigenvalue weighted by molar-refractivity contribution is 6.33. The van der Waals surface area contributed by atoms with Gasteiger partial charge in [0, 0.05) is 13.0 Å². The molecule has 0 bridgehead atoms. The van der Waals surface area contributed by atoms with Gasteiger partial charge in [-0.3, -0.25) is 5.01 Å². The van der Waals surface area contributed by atoms with E-state index in [4.69, 9.17) is 11.6 Å². The van der Waals surface area contributed by atoms with Crippen LogP contribution in [0.15, 0.2) is 29.4 Å². The lowest BCUT2D eigenvalue weighted by molar-refractivity contribution is -0.249. The molecule has 0 spiro atoms. The second kappa shape index (κ2) is 4.63. The van der Waals surface area contributed by atoms with Crippen molar-refractivity contribution in [2.75, 3.05) is 11.6 Å². The molecule has 0 aliphatic carbocycles. The molecule has 0 amide bonds. The first kappa shape index (κ1) is 14.0. The Balaban J connectivity index is 2.30. The van der Waals surface area contributed by atoms with Crippen molar-refractivity contribution < 1.29 is 22.0 Å². The maximum absolute atomic E-state index is 13.1. The van der Waals surface area contributed by atoms with Crippen LogP contribution in [-0.2, 0) is 0 Å². The van der Waals surface area contributed by atoms with Crippen molar-refractivity contribution in [2.45, 2.75) is 18.5 Å². The first-order valence-electron chi connectivity index (χ1n) is 5.28. The average molecular weight is 299 g/mol. The van der Waals surface area contributed by atoms with Crippen LogP contribution in [0.3, 0.4) is 0 Å². The molecule has 2 rings (SSSR count). The highest BCUT2D eigenvalue weighted by Gasteiger charge is 2.61. The van der Waals surface area contributed by atoms with E-state index < -0.39 is 24.2 Å². The number of hydrogen-bond donors (Lipinski definition) is 0. The molecule has 8 heteroatoms. The van der Waals surface area contributed by atoms with E-state index in [1.807, 2.05) is 0 Å². The molecule has 0 saturated heterocycles. The van der Waals surface area contributed by atoms with Crippen molar-refractivity contribution in [3.05, 3.63) is 29.3 Å². The van der Waals surface area contributed by atoms with Crippen LogP contribution < -0.4 is 5.01 Å². The second-order valence-electron chi connectivity index (χ2n) is 3.94. The topological polar surface area (TPSA) is 15.6 Å². The zero-order chi connectivity index (χ0) is 14.3. The van der Waals surface area contributed by atoms with Crippen LogP contribution in [0.5, 0.6) is 0 Å². The third kappa shape index (κ3) is 2.51.